The van der Waals surface area contributed by atoms with E-state index in [0.29, 0.717) is 10.5 Å². The molecule has 74 valence electrons. The summed E-state index contributed by atoms with van der Waals surface area (Å²) in [5.41, 5.74) is 5.43. The monoisotopic (exact) mass is 199 g/mol. The first-order chi connectivity index (χ1) is 6.13. The van der Waals surface area contributed by atoms with Crippen molar-refractivity contribution in [3.8, 4) is 0 Å². The number of carbonyl (C=O) groups excluding carboxylic acids is 1. The summed E-state index contributed by atoms with van der Waals surface area (Å²) in [6, 6.07) is 0. The van der Waals surface area contributed by atoms with E-state index in [1.54, 1.807) is 13.0 Å². The van der Waals surface area contributed by atoms with Crippen LogP contribution in [-0.2, 0) is 4.79 Å². The Bertz CT molecular complexity index is 229. The van der Waals surface area contributed by atoms with Crippen molar-refractivity contribution in [2.24, 2.45) is 5.73 Å². The molecule has 0 aliphatic carbocycles. The summed E-state index contributed by atoms with van der Waals surface area (Å²) in [5, 5.41) is 0. The van der Waals surface area contributed by atoms with Crippen LogP contribution in [0.15, 0.2) is 35.3 Å². The molecule has 0 aromatic heterocycles. The number of carbonyl (C=O) groups is 1. The van der Waals surface area contributed by atoms with E-state index in [1.807, 2.05) is 13.8 Å². The van der Waals surface area contributed by atoms with Gasteiger partial charge in [-0.05, 0) is 13.0 Å². The second-order valence-corrected chi connectivity index (χ2v) is 2.34. The number of nitrogens with two attached hydrogens (primary N) is 1. The molecule has 0 aliphatic heterocycles. The second-order valence-electron chi connectivity index (χ2n) is 1.85. The molecule has 0 aromatic rings. The number of thiol groups is 1. The van der Waals surface area contributed by atoms with Gasteiger partial charge in [0, 0.05) is 4.91 Å². The summed E-state index contributed by atoms with van der Waals surface area (Å²) in [6.45, 7) is 9.23. The zero-order valence-corrected chi connectivity index (χ0v) is 9.27. The quantitative estimate of drug-likeness (QED) is 0.409. The molecule has 0 fully saturated rings. The Hall–Kier alpha value is -0.960. The number of rotatable bonds is 3. The molecule has 0 bridgehead atoms. The predicted octanol–water partition coefficient (Wildman–Crippen LogP) is 2.44. The molecule has 0 rings (SSSR count). The first-order valence-electron chi connectivity index (χ1n) is 4.11. The molecule has 2 N–H and O–H groups in total. The summed E-state index contributed by atoms with van der Waals surface area (Å²) in [5.74, 6) is -0.493. The van der Waals surface area contributed by atoms with Crippen LogP contribution in [0.2, 0.25) is 0 Å². The van der Waals surface area contributed by atoms with Gasteiger partial charge in [0.05, 0.1) is 5.57 Å². The van der Waals surface area contributed by atoms with E-state index in [4.69, 9.17) is 5.73 Å². The molecular weight excluding hydrogens is 182 g/mol. The molecule has 0 spiro atoms. The minimum atomic E-state index is -0.493. The predicted molar refractivity (Wildman–Crippen MR) is 61.6 cm³/mol. The SMILES string of the molecule is C=C/C=C(C(N)=O)\C(S)=C/C.CC. The van der Waals surface area contributed by atoms with Gasteiger partial charge in [0.15, 0.2) is 0 Å². The minimum absolute atomic E-state index is 0.380. The molecule has 0 atom stereocenters. The molecule has 13 heavy (non-hydrogen) atoms. The molecule has 0 saturated heterocycles. The van der Waals surface area contributed by atoms with Crippen molar-refractivity contribution in [2.45, 2.75) is 20.8 Å². The van der Waals surface area contributed by atoms with E-state index in [0.717, 1.165) is 0 Å². The van der Waals surface area contributed by atoms with Crippen molar-refractivity contribution in [1.82, 2.24) is 0 Å². The Morgan fingerprint density at radius 1 is 1.46 bits per heavy atom. The minimum Gasteiger partial charge on any atom is -0.366 e. The maximum Gasteiger partial charge on any atom is 0.249 e. The van der Waals surface area contributed by atoms with Crippen LogP contribution in [0.5, 0.6) is 0 Å². The third-order valence-corrected chi connectivity index (χ3v) is 1.60. The van der Waals surface area contributed by atoms with E-state index in [1.165, 1.54) is 12.2 Å². The van der Waals surface area contributed by atoms with Crippen molar-refractivity contribution in [3.05, 3.63) is 35.3 Å². The molecule has 3 heteroatoms. The van der Waals surface area contributed by atoms with Crippen LogP contribution in [0, 0.1) is 0 Å². The van der Waals surface area contributed by atoms with E-state index in [9.17, 15) is 4.79 Å². The number of hydrogen-bond acceptors (Lipinski definition) is 2. The van der Waals surface area contributed by atoms with E-state index >= 15 is 0 Å². The van der Waals surface area contributed by atoms with Crippen LogP contribution in [0.25, 0.3) is 0 Å². The van der Waals surface area contributed by atoms with Crippen molar-refractivity contribution in [1.29, 1.82) is 0 Å². The van der Waals surface area contributed by atoms with Crippen LogP contribution in [0.1, 0.15) is 20.8 Å². The zero-order chi connectivity index (χ0) is 10.9. The molecule has 0 unspecified atom stereocenters. The molecule has 0 heterocycles. The Kier molecular flexibility index (Phi) is 10.2. The van der Waals surface area contributed by atoms with Crippen molar-refractivity contribution < 1.29 is 4.79 Å². The first-order valence-corrected chi connectivity index (χ1v) is 4.56. The molecular formula is C10H17NOS. The lowest BCUT2D eigenvalue weighted by Gasteiger charge is -1.99. The summed E-state index contributed by atoms with van der Waals surface area (Å²) in [6.07, 6.45) is 4.73. The molecule has 1 amide bonds. The van der Waals surface area contributed by atoms with Gasteiger partial charge >= 0.3 is 0 Å². The van der Waals surface area contributed by atoms with E-state index in [-0.39, 0.29) is 0 Å². The van der Waals surface area contributed by atoms with Gasteiger partial charge in [0.25, 0.3) is 0 Å². The number of hydrogen-bond donors (Lipinski definition) is 2. The van der Waals surface area contributed by atoms with Crippen LogP contribution in [0.4, 0.5) is 0 Å². The summed E-state index contributed by atoms with van der Waals surface area (Å²) < 4.78 is 0. The maximum atomic E-state index is 10.7. The molecule has 0 radical (unpaired) electrons. The van der Waals surface area contributed by atoms with Gasteiger partial charge in [0.1, 0.15) is 0 Å². The smallest absolute Gasteiger partial charge is 0.249 e. The van der Waals surface area contributed by atoms with Gasteiger partial charge in [-0.2, -0.15) is 0 Å². The van der Waals surface area contributed by atoms with E-state index < -0.39 is 5.91 Å². The van der Waals surface area contributed by atoms with Crippen LogP contribution in [-0.4, -0.2) is 5.91 Å². The van der Waals surface area contributed by atoms with Crippen molar-refractivity contribution in [3.63, 3.8) is 0 Å². The Morgan fingerprint density at radius 3 is 2.15 bits per heavy atom. The fraction of sp³-hybridized carbons (Fsp3) is 0.300. The van der Waals surface area contributed by atoms with Gasteiger partial charge in [-0.1, -0.05) is 32.6 Å². The summed E-state index contributed by atoms with van der Waals surface area (Å²) >= 11 is 4.04. The highest BCUT2D eigenvalue weighted by atomic mass is 32.1. The fourth-order valence-electron chi connectivity index (χ4n) is 0.567. The molecule has 0 aliphatic rings. The molecule has 0 saturated carbocycles. The molecule has 0 aromatic carbocycles. The van der Waals surface area contributed by atoms with Crippen molar-refractivity contribution >= 4 is 18.5 Å². The van der Waals surface area contributed by atoms with Gasteiger partial charge in [-0.3, -0.25) is 4.79 Å². The lowest BCUT2D eigenvalue weighted by atomic mass is 10.2. The average molecular weight is 199 g/mol. The highest BCUT2D eigenvalue weighted by Gasteiger charge is 2.04. The first kappa shape index (κ1) is 14.6. The summed E-state index contributed by atoms with van der Waals surface area (Å²) in [7, 11) is 0. The average Bonchev–Trinajstić information content (AvgIpc) is 2.15. The van der Waals surface area contributed by atoms with Crippen LogP contribution < -0.4 is 5.73 Å². The topological polar surface area (TPSA) is 43.1 Å². The zero-order valence-electron chi connectivity index (χ0n) is 8.37. The summed E-state index contributed by atoms with van der Waals surface area (Å²) in [4.78, 5) is 11.3. The third kappa shape index (κ3) is 6.22. The normalized spacial score (nSPS) is 11.4. The highest BCUT2D eigenvalue weighted by Crippen LogP contribution is 2.12. The standard InChI is InChI=1S/C8H11NOS.C2H6/c1-3-5-6(8(9)10)7(11)4-2;1-2/h3-5,11H,1H2,2H3,(H2,9,10);1-2H3/b6-5+,7-4+;. The number of primary amides is 1. The lowest BCUT2D eigenvalue weighted by Crippen LogP contribution is -2.13. The Morgan fingerprint density at radius 2 is 1.92 bits per heavy atom. The largest absolute Gasteiger partial charge is 0.366 e. The lowest BCUT2D eigenvalue weighted by molar-refractivity contribution is -0.114. The Balaban J connectivity index is 0. The van der Waals surface area contributed by atoms with Crippen molar-refractivity contribution in [2.75, 3.05) is 0 Å². The number of amides is 1. The van der Waals surface area contributed by atoms with Crippen LogP contribution in [0.3, 0.4) is 0 Å². The maximum absolute atomic E-state index is 10.7. The van der Waals surface area contributed by atoms with E-state index in [2.05, 4.69) is 19.2 Å². The molecule has 2 nitrogen and oxygen atoms in total. The highest BCUT2D eigenvalue weighted by molar-refractivity contribution is 7.84. The van der Waals surface area contributed by atoms with Gasteiger partial charge < -0.3 is 5.73 Å². The van der Waals surface area contributed by atoms with Gasteiger partial charge in [-0.15, -0.1) is 12.6 Å². The Labute approximate surface area is 85.6 Å². The van der Waals surface area contributed by atoms with Gasteiger partial charge in [0.2, 0.25) is 5.91 Å². The van der Waals surface area contributed by atoms with Gasteiger partial charge in [-0.25, -0.2) is 0 Å². The van der Waals surface area contributed by atoms with Crippen LogP contribution >= 0.6 is 12.6 Å². The second kappa shape index (κ2) is 9.13. The number of allylic oxidation sites excluding steroid dienone is 3. The third-order valence-electron chi connectivity index (χ3n) is 1.10. The fourth-order valence-corrected chi connectivity index (χ4v) is 0.752.